The number of pyridine rings is 1. The minimum Gasteiger partial charge on any atom is -0.310 e. The van der Waals surface area contributed by atoms with Gasteiger partial charge in [0.15, 0.2) is 0 Å². The Morgan fingerprint density at radius 2 is 2.29 bits per heavy atom. The van der Waals surface area contributed by atoms with E-state index in [4.69, 9.17) is 0 Å². The average Bonchev–Trinajstić information content (AvgIpc) is 2.19. The van der Waals surface area contributed by atoms with E-state index in [0.717, 1.165) is 18.4 Å². The van der Waals surface area contributed by atoms with Crippen LogP contribution < -0.4 is 5.32 Å². The van der Waals surface area contributed by atoms with Crippen molar-refractivity contribution in [3.63, 3.8) is 0 Å². The highest BCUT2D eigenvalue weighted by molar-refractivity contribution is 5.90. The lowest BCUT2D eigenvalue weighted by Crippen LogP contribution is -2.13. The first-order chi connectivity index (χ1) is 6.77. The molecule has 0 aromatic carbocycles. The average molecular weight is 192 g/mol. The van der Waals surface area contributed by atoms with Crippen LogP contribution in [0.2, 0.25) is 0 Å². The van der Waals surface area contributed by atoms with Crippen molar-refractivity contribution in [3.8, 4) is 0 Å². The first-order valence-electron chi connectivity index (χ1n) is 5.01. The number of carbonyl (C=O) groups is 1. The molecule has 3 heteroatoms. The molecule has 0 fully saturated rings. The van der Waals surface area contributed by atoms with Crippen LogP contribution in [-0.4, -0.2) is 10.9 Å². The summed E-state index contributed by atoms with van der Waals surface area (Å²) in [6.07, 6.45) is 4.00. The van der Waals surface area contributed by atoms with Gasteiger partial charge in [-0.15, -0.1) is 0 Å². The topological polar surface area (TPSA) is 42.0 Å². The van der Waals surface area contributed by atoms with E-state index in [1.165, 1.54) is 0 Å². The molecule has 1 amide bonds. The monoisotopic (exact) mass is 192 g/mol. The van der Waals surface area contributed by atoms with E-state index < -0.39 is 0 Å². The van der Waals surface area contributed by atoms with Gasteiger partial charge in [-0.2, -0.15) is 0 Å². The Bertz CT molecular complexity index is 310. The molecule has 0 aliphatic heterocycles. The van der Waals surface area contributed by atoms with Crippen LogP contribution in [0.3, 0.4) is 0 Å². The molecule has 0 saturated heterocycles. The van der Waals surface area contributed by atoms with Crippen LogP contribution in [0.25, 0.3) is 0 Å². The first kappa shape index (κ1) is 10.7. The maximum absolute atomic E-state index is 11.3. The van der Waals surface area contributed by atoms with Crippen LogP contribution >= 0.6 is 0 Å². The number of hydrogen-bond donors (Lipinski definition) is 1. The molecule has 0 bridgehead atoms. The zero-order valence-electron chi connectivity index (χ0n) is 8.71. The lowest BCUT2D eigenvalue weighted by molar-refractivity contribution is -0.116. The summed E-state index contributed by atoms with van der Waals surface area (Å²) >= 11 is 0. The third kappa shape index (κ3) is 2.83. The molecule has 0 spiro atoms. The van der Waals surface area contributed by atoms with Gasteiger partial charge >= 0.3 is 0 Å². The molecule has 0 aliphatic rings. The summed E-state index contributed by atoms with van der Waals surface area (Å²) in [4.78, 5) is 15.5. The molecular weight excluding hydrogens is 176 g/mol. The minimum absolute atomic E-state index is 0.0425. The molecule has 0 atom stereocenters. The Morgan fingerprint density at radius 3 is 2.93 bits per heavy atom. The Kier molecular flexibility index (Phi) is 4.11. The predicted octanol–water partition coefficient (Wildman–Crippen LogP) is 2.38. The van der Waals surface area contributed by atoms with E-state index in [1.807, 2.05) is 26.0 Å². The van der Waals surface area contributed by atoms with E-state index >= 15 is 0 Å². The van der Waals surface area contributed by atoms with Crippen molar-refractivity contribution in [2.24, 2.45) is 0 Å². The zero-order chi connectivity index (χ0) is 10.4. The number of hydrogen-bond acceptors (Lipinski definition) is 2. The summed E-state index contributed by atoms with van der Waals surface area (Å²) in [5.74, 6) is 0.745. The van der Waals surface area contributed by atoms with Crippen LogP contribution in [0, 0.1) is 0 Å². The summed E-state index contributed by atoms with van der Waals surface area (Å²) in [5, 5.41) is 2.81. The molecule has 14 heavy (non-hydrogen) atoms. The highest BCUT2D eigenvalue weighted by Crippen LogP contribution is 2.12. The molecule has 76 valence electrons. The SMILES string of the molecule is CCCC(=O)Nc1ncccc1CC. The fourth-order valence-corrected chi connectivity index (χ4v) is 1.26. The van der Waals surface area contributed by atoms with Crippen molar-refractivity contribution >= 4 is 11.7 Å². The third-order valence-corrected chi connectivity index (χ3v) is 2.01. The second-order valence-electron chi connectivity index (χ2n) is 3.16. The van der Waals surface area contributed by atoms with Crippen molar-refractivity contribution in [1.29, 1.82) is 0 Å². The van der Waals surface area contributed by atoms with Crippen molar-refractivity contribution in [2.75, 3.05) is 5.32 Å². The molecule has 0 unspecified atom stereocenters. The fraction of sp³-hybridized carbons (Fsp3) is 0.455. The lowest BCUT2D eigenvalue weighted by atomic mass is 10.2. The number of nitrogens with one attached hydrogen (secondary N) is 1. The molecule has 1 heterocycles. The van der Waals surface area contributed by atoms with Gasteiger partial charge in [-0.3, -0.25) is 4.79 Å². The Labute approximate surface area is 84.6 Å². The van der Waals surface area contributed by atoms with Crippen LogP contribution in [0.5, 0.6) is 0 Å². The van der Waals surface area contributed by atoms with Crippen LogP contribution in [-0.2, 0) is 11.2 Å². The molecule has 1 aromatic heterocycles. The van der Waals surface area contributed by atoms with Gasteiger partial charge in [-0.25, -0.2) is 4.98 Å². The summed E-state index contributed by atoms with van der Waals surface area (Å²) in [5.41, 5.74) is 1.08. The lowest BCUT2D eigenvalue weighted by Gasteiger charge is -2.07. The van der Waals surface area contributed by atoms with Gasteiger partial charge in [-0.05, 0) is 24.5 Å². The van der Waals surface area contributed by atoms with Gasteiger partial charge in [0.05, 0.1) is 0 Å². The molecule has 1 rings (SSSR count). The van der Waals surface area contributed by atoms with Gasteiger partial charge in [0.1, 0.15) is 5.82 Å². The number of carbonyl (C=O) groups excluding carboxylic acids is 1. The smallest absolute Gasteiger partial charge is 0.225 e. The number of rotatable bonds is 4. The zero-order valence-corrected chi connectivity index (χ0v) is 8.71. The number of nitrogens with zero attached hydrogens (tertiary/aromatic N) is 1. The molecule has 0 saturated carbocycles. The maximum atomic E-state index is 11.3. The molecule has 0 radical (unpaired) electrons. The molecule has 1 aromatic rings. The highest BCUT2D eigenvalue weighted by atomic mass is 16.1. The van der Waals surface area contributed by atoms with Gasteiger partial charge in [0, 0.05) is 12.6 Å². The Morgan fingerprint density at radius 1 is 1.50 bits per heavy atom. The van der Waals surface area contributed by atoms with Gasteiger partial charge in [0.25, 0.3) is 0 Å². The maximum Gasteiger partial charge on any atom is 0.225 e. The van der Waals surface area contributed by atoms with Crippen molar-refractivity contribution in [3.05, 3.63) is 23.9 Å². The van der Waals surface area contributed by atoms with Gasteiger partial charge in [0.2, 0.25) is 5.91 Å². The van der Waals surface area contributed by atoms with Gasteiger partial charge in [-0.1, -0.05) is 19.9 Å². The summed E-state index contributed by atoms with van der Waals surface area (Å²) in [6, 6.07) is 3.86. The fourth-order valence-electron chi connectivity index (χ4n) is 1.26. The van der Waals surface area contributed by atoms with Crippen molar-refractivity contribution < 1.29 is 4.79 Å². The quantitative estimate of drug-likeness (QED) is 0.795. The largest absolute Gasteiger partial charge is 0.310 e. The standard InChI is InChI=1S/C11H16N2O/c1-3-6-10(14)13-11-9(4-2)7-5-8-12-11/h5,7-8H,3-4,6H2,1-2H3,(H,12,13,14). The van der Waals surface area contributed by atoms with E-state index in [0.29, 0.717) is 12.2 Å². The van der Waals surface area contributed by atoms with Crippen molar-refractivity contribution in [1.82, 2.24) is 4.98 Å². The first-order valence-corrected chi connectivity index (χ1v) is 5.01. The van der Waals surface area contributed by atoms with E-state index in [9.17, 15) is 4.79 Å². The summed E-state index contributed by atoms with van der Waals surface area (Å²) < 4.78 is 0. The number of amides is 1. The Balaban J connectivity index is 2.70. The van der Waals surface area contributed by atoms with Crippen LogP contribution in [0.1, 0.15) is 32.3 Å². The molecule has 0 aliphatic carbocycles. The number of aryl methyl sites for hydroxylation is 1. The molecular formula is C11H16N2O. The second-order valence-corrected chi connectivity index (χ2v) is 3.16. The molecule has 1 N–H and O–H groups in total. The Hall–Kier alpha value is -1.38. The van der Waals surface area contributed by atoms with Crippen molar-refractivity contribution in [2.45, 2.75) is 33.1 Å². The number of anilines is 1. The molecule has 3 nitrogen and oxygen atoms in total. The van der Waals surface area contributed by atoms with Gasteiger partial charge < -0.3 is 5.32 Å². The third-order valence-electron chi connectivity index (χ3n) is 2.01. The summed E-state index contributed by atoms with van der Waals surface area (Å²) in [6.45, 7) is 4.03. The predicted molar refractivity (Wildman–Crippen MR) is 57.2 cm³/mol. The minimum atomic E-state index is 0.0425. The number of aromatic nitrogens is 1. The van der Waals surface area contributed by atoms with Crippen LogP contribution in [0.15, 0.2) is 18.3 Å². The van der Waals surface area contributed by atoms with E-state index in [1.54, 1.807) is 6.20 Å². The normalized spacial score (nSPS) is 9.86. The van der Waals surface area contributed by atoms with E-state index in [-0.39, 0.29) is 5.91 Å². The highest BCUT2D eigenvalue weighted by Gasteiger charge is 2.04. The summed E-state index contributed by atoms with van der Waals surface area (Å²) in [7, 11) is 0. The van der Waals surface area contributed by atoms with Crippen LogP contribution in [0.4, 0.5) is 5.82 Å². The van der Waals surface area contributed by atoms with E-state index in [2.05, 4.69) is 10.3 Å². The second kappa shape index (κ2) is 5.37.